The Morgan fingerprint density at radius 1 is 1.17 bits per heavy atom. The predicted molar refractivity (Wildman–Crippen MR) is 99.8 cm³/mol. The molecular weight excluding hydrogens is 318 g/mol. The Morgan fingerprint density at radius 2 is 1.88 bits per heavy atom. The number of aromatic nitrogens is 1. The van der Waals surface area contributed by atoms with Crippen LogP contribution in [0.2, 0.25) is 0 Å². The molecule has 0 N–H and O–H groups in total. The van der Waals surface area contributed by atoms with Gasteiger partial charge in [0.2, 0.25) is 0 Å². The maximum absolute atomic E-state index is 12.9. The minimum atomic E-state index is 0.136. The molecule has 2 heterocycles. The highest BCUT2D eigenvalue weighted by molar-refractivity contribution is 7.17. The number of hydrogen-bond donors (Lipinski definition) is 0. The molecule has 0 saturated carbocycles. The highest BCUT2D eigenvalue weighted by Crippen LogP contribution is 2.32. The van der Waals surface area contributed by atoms with E-state index in [2.05, 4.69) is 43.9 Å². The van der Waals surface area contributed by atoms with E-state index in [1.165, 1.54) is 22.5 Å². The number of benzene rings is 1. The molecule has 3 rings (SSSR count). The summed E-state index contributed by atoms with van der Waals surface area (Å²) in [5.74, 6) is 0.136. The summed E-state index contributed by atoms with van der Waals surface area (Å²) in [5.41, 5.74) is 4.47. The Hall–Kier alpha value is -1.72. The first-order chi connectivity index (χ1) is 11.5. The monoisotopic (exact) mass is 343 g/mol. The Balaban J connectivity index is 1.84. The van der Waals surface area contributed by atoms with Crippen molar-refractivity contribution in [2.45, 2.75) is 27.7 Å². The van der Waals surface area contributed by atoms with Gasteiger partial charge in [0.05, 0.1) is 5.69 Å². The predicted octanol–water partition coefficient (Wildman–Crippen LogP) is 3.51. The largest absolute Gasteiger partial charge is 0.335 e. The standard InChI is InChI=1S/C19H25N3OS/c1-5-21-9-11-22(12-10-21)19(23)17-15(4)20-18(24-17)16-8-6-7-13(2)14(16)3/h6-8H,5,9-12H2,1-4H3. The van der Waals surface area contributed by atoms with E-state index < -0.39 is 0 Å². The quantitative estimate of drug-likeness (QED) is 0.856. The van der Waals surface area contributed by atoms with E-state index in [1.54, 1.807) is 0 Å². The van der Waals surface area contributed by atoms with E-state index >= 15 is 0 Å². The van der Waals surface area contributed by atoms with E-state index in [0.717, 1.165) is 53.9 Å². The first kappa shape index (κ1) is 17.1. The van der Waals surface area contributed by atoms with Crippen LogP contribution in [0.1, 0.15) is 33.4 Å². The normalized spacial score (nSPS) is 15.8. The fourth-order valence-corrected chi connectivity index (χ4v) is 4.22. The molecule has 1 fully saturated rings. The summed E-state index contributed by atoms with van der Waals surface area (Å²) in [4.78, 5) is 22.7. The van der Waals surface area contributed by atoms with Gasteiger partial charge in [-0.1, -0.05) is 25.1 Å². The molecule has 1 saturated heterocycles. The Labute approximate surface area is 148 Å². The van der Waals surface area contributed by atoms with Gasteiger partial charge in [0.15, 0.2) is 0 Å². The molecule has 0 unspecified atom stereocenters. The van der Waals surface area contributed by atoms with Crippen LogP contribution in [0.4, 0.5) is 0 Å². The van der Waals surface area contributed by atoms with Gasteiger partial charge in [-0.25, -0.2) is 4.98 Å². The zero-order valence-electron chi connectivity index (χ0n) is 14.9. The van der Waals surface area contributed by atoms with Crippen LogP contribution in [0.5, 0.6) is 0 Å². The van der Waals surface area contributed by atoms with E-state index in [1.807, 2.05) is 11.8 Å². The number of likely N-dealkylation sites (N-methyl/N-ethyl adjacent to an activating group) is 1. The molecule has 1 aliphatic heterocycles. The summed E-state index contributed by atoms with van der Waals surface area (Å²) < 4.78 is 0. The van der Waals surface area contributed by atoms with E-state index in [4.69, 9.17) is 4.98 Å². The minimum absolute atomic E-state index is 0.136. The molecular formula is C19H25N3OS. The molecule has 0 spiro atoms. The molecule has 2 aromatic rings. The number of rotatable bonds is 3. The van der Waals surface area contributed by atoms with Crippen LogP contribution in [0.15, 0.2) is 18.2 Å². The summed E-state index contributed by atoms with van der Waals surface area (Å²) in [5, 5.41) is 0.948. The number of aryl methyl sites for hydroxylation is 2. The Bertz CT molecular complexity index is 745. The van der Waals surface area contributed by atoms with Gasteiger partial charge in [-0.3, -0.25) is 4.79 Å². The zero-order valence-corrected chi connectivity index (χ0v) is 15.7. The average Bonchev–Trinajstić information content (AvgIpc) is 2.98. The van der Waals surface area contributed by atoms with Gasteiger partial charge >= 0.3 is 0 Å². The number of piperazine rings is 1. The van der Waals surface area contributed by atoms with Gasteiger partial charge < -0.3 is 9.80 Å². The maximum atomic E-state index is 12.9. The van der Waals surface area contributed by atoms with Gasteiger partial charge in [0, 0.05) is 31.7 Å². The minimum Gasteiger partial charge on any atom is -0.335 e. The van der Waals surface area contributed by atoms with E-state index in [9.17, 15) is 4.79 Å². The highest BCUT2D eigenvalue weighted by Gasteiger charge is 2.25. The van der Waals surface area contributed by atoms with E-state index in [0.29, 0.717) is 0 Å². The second-order valence-electron chi connectivity index (χ2n) is 6.41. The number of carbonyl (C=O) groups excluding carboxylic acids is 1. The van der Waals surface area contributed by atoms with Crippen LogP contribution in [-0.4, -0.2) is 53.4 Å². The molecule has 0 atom stereocenters. The van der Waals surface area contributed by atoms with Crippen molar-refractivity contribution in [2.75, 3.05) is 32.7 Å². The SMILES string of the molecule is CCN1CCN(C(=O)c2sc(-c3cccc(C)c3C)nc2C)CC1. The van der Waals surface area contributed by atoms with Gasteiger partial charge in [-0.05, 0) is 38.4 Å². The summed E-state index contributed by atoms with van der Waals surface area (Å²) >= 11 is 1.53. The van der Waals surface area contributed by atoms with Crippen molar-refractivity contribution in [3.63, 3.8) is 0 Å². The summed E-state index contributed by atoms with van der Waals surface area (Å²) in [7, 11) is 0. The van der Waals surface area contributed by atoms with Crippen molar-refractivity contribution in [2.24, 2.45) is 0 Å². The number of thiazole rings is 1. The molecule has 128 valence electrons. The molecule has 4 nitrogen and oxygen atoms in total. The lowest BCUT2D eigenvalue weighted by molar-refractivity contribution is 0.0647. The van der Waals surface area contributed by atoms with Gasteiger partial charge in [-0.2, -0.15) is 0 Å². The topological polar surface area (TPSA) is 36.4 Å². The van der Waals surface area contributed by atoms with Crippen molar-refractivity contribution in [1.29, 1.82) is 0 Å². The highest BCUT2D eigenvalue weighted by atomic mass is 32.1. The summed E-state index contributed by atoms with van der Waals surface area (Å²) in [6, 6.07) is 6.26. The molecule has 0 bridgehead atoms. The molecule has 5 heteroatoms. The molecule has 24 heavy (non-hydrogen) atoms. The lowest BCUT2D eigenvalue weighted by Gasteiger charge is -2.33. The second-order valence-corrected chi connectivity index (χ2v) is 7.41. The van der Waals surface area contributed by atoms with Crippen LogP contribution in [-0.2, 0) is 0 Å². The van der Waals surface area contributed by atoms with Crippen LogP contribution in [0.25, 0.3) is 10.6 Å². The van der Waals surface area contributed by atoms with Crippen LogP contribution >= 0.6 is 11.3 Å². The molecule has 1 aromatic carbocycles. The average molecular weight is 343 g/mol. The van der Waals surface area contributed by atoms with Crippen molar-refractivity contribution >= 4 is 17.2 Å². The first-order valence-corrected chi connectivity index (χ1v) is 9.38. The Kier molecular flexibility index (Phi) is 5.01. The number of nitrogens with zero attached hydrogens (tertiary/aromatic N) is 3. The molecule has 1 aliphatic rings. The molecule has 0 radical (unpaired) electrons. The number of amides is 1. The van der Waals surface area contributed by atoms with Crippen molar-refractivity contribution in [3.8, 4) is 10.6 Å². The zero-order chi connectivity index (χ0) is 17.3. The van der Waals surface area contributed by atoms with Gasteiger partial charge in [0.25, 0.3) is 5.91 Å². The lowest BCUT2D eigenvalue weighted by Crippen LogP contribution is -2.48. The van der Waals surface area contributed by atoms with Gasteiger partial charge in [0.1, 0.15) is 9.88 Å². The lowest BCUT2D eigenvalue weighted by atomic mass is 10.0. The number of carbonyl (C=O) groups is 1. The number of hydrogen-bond acceptors (Lipinski definition) is 4. The maximum Gasteiger partial charge on any atom is 0.265 e. The van der Waals surface area contributed by atoms with E-state index in [-0.39, 0.29) is 5.91 Å². The molecule has 1 amide bonds. The van der Waals surface area contributed by atoms with Crippen molar-refractivity contribution < 1.29 is 4.79 Å². The third-order valence-corrected chi connectivity index (χ3v) is 6.11. The van der Waals surface area contributed by atoms with Gasteiger partial charge in [-0.15, -0.1) is 11.3 Å². The smallest absolute Gasteiger partial charge is 0.265 e. The summed E-state index contributed by atoms with van der Waals surface area (Å²) in [6.45, 7) is 12.9. The van der Waals surface area contributed by atoms with Crippen LogP contribution in [0.3, 0.4) is 0 Å². The third kappa shape index (κ3) is 3.23. The Morgan fingerprint density at radius 3 is 2.54 bits per heavy atom. The first-order valence-electron chi connectivity index (χ1n) is 8.57. The second kappa shape index (κ2) is 7.03. The summed E-state index contributed by atoms with van der Waals surface area (Å²) in [6.07, 6.45) is 0. The van der Waals surface area contributed by atoms with Crippen molar-refractivity contribution in [1.82, 2.24) is 14.8 Å². The third-order valence-electron chi connectivity index (χ3n) is 4.93. The fraction of sp³-hybridized carbons (Fsp3) is 0.474. The van der Waals surface area contributed by atoms with Crippen LogP contribution in [0, 0.1) is 20.8 Å². The molecule has 1 aromatic heterocycles. The van der Waals surface area contributed by atoms with Crippen molar-refractivity contribution in [3.05, 3.63) is 39.9 Å². The molecule has 0 aliphatic carbocycles. The fourth-order valence-electron chi connectivity index (χ4n) is 3.10. The van der Waals surface area contributed by atoms with Crippen LogP contribution < -0.4 is 0 Å².